The van der Waals surface area contributed by atoms with E-state index in [0.717, 1.165) is 0 Å². The van der Waals surface area contributed by atoms with Crippen molar-refractivity contribution >= 4 is 23.3 Å². The second-order valence-corrected chi connectivity index (χ2v) is 4.77. The molecule has 1 heterocycles. The van der Waals surface area contributed by atoms with Gasteiger partial charge in [0.2, 0.25) is 0 Å². The van der Waals surface area contributed by atoms with Gasteiger partial charge in [-0.25, -0.2) is 9.78 Å². The van der Waals surface area contributed by atoms with Gasteiger partial charge < -0.3 is 10.1 Å². The van der Waals surface area contributed by atoms with Crippen LogP contribution in [0.4, 0.5) is 5.69 Å². The van der Waals surface area contributed by atoms with E-state index in [1.165, 1.54) is 19.3 Å². The molecule has 2 aromatic rings. The molecule has 0 saturated carbocycles. The molecule has 0 radical (unpaired) electrons. The van der Waals surface area contributed by atoms with Crippen LogP contribution in [-0.2, 0) is 9.53 Å². The topological polar surface area (TPSA) is 98.2 Å². The van der Waals surface area contributed by atoms with Gasteiger partial charge in [-0.2, -0.15) is 0 Å². The van der Waals surface area contributed by atoms with E-state index in [4.69, 9.17) is 4.74 Å². The van der Waals surface area contributed by atoms with Crippen LogP contribution in [0.2, 0.25) is 0 Å². The summed E-state index contributed by atoms with van der Waals surface area (Å²) in [6.07, 6.45) is 2.71. The van der Waals surface area contributed by atoms with Crippen LogP contribution < -0.4 is 5.32 Å². The number of ether oxygens (including phenoxy) is 1. The molecule has 1 aromatic carbocycles. The summed E-state index contributed by atoms with van der Waals surface area (Å²) < 4.78 is 4.86. The number of benzene rings is 1. The standard InChI is InChI=1S/C16H15N3O4/c1-10-7-18-14(8-17-10)16(22)23-9-15(21)19-13-6-4-3-5-12(13)11(2)20/h3-8H,9H2,1-2H3,(H,19,21). The lowest BCUT2D eigenvalue weighted by Crippen LogP contribution is -2.22. The molecule has 118 valence electrons. The first-order chi connectivity index (χ1) is 11.0. The van der Waals surface area contributed by atoms with Crippen molar-refractivity contribution in [1.82, 2.24) is 9.97 Å². The van der Waals surface area contributed by atoms with E-state index >= 15 is 0 Å². The molecular formula is C16H15N3O4. The zero-order chi connectivity index (χ0) is 16.8. The lowest BCUT2D eigenvalue weighted by Gasteiger charge is -2.09. The van der Waals surface area contributed by atoms with Crippen LogP contribution in [0.3, 0.4) is 0 Å². The molecule has 1 amide bonds. The fourth-order valence-electron chi connectivity index (χ4n) is 1.79. The van der Waals surface area contributed by atoms with Crippen LogP contribution in [-0.4, -0.2) is 34.2 Å². The number of esters is 1. The Bertz CT molecular complexity index is 741. The van der Waals surface area contributed by atoms with Crippen molar-refractivity contribution in [2.75, 3.05) is 11.9 Å². The van der Waals surface area contributed by atoms with Crippen molar-refractivity contribution in [1.29, 1.82) is 0 Å². The first-order valence-corrected chi connectivity index (χ1v) is 6.83. The van der Waals surface area contributed by atoms with Gasteiger partial charge in [-0.1, -0.05) is 12.1 Å². The van der Waals surface area contributed by atoms with Crippen molar-refractivity contribution in [2.45, 2.75) is 13.8 Å². The Kier molecular flexibility index (Phi) is 5.14. The Morgan fingerprint density at radius 1 is 1.13 bits per heavy atom. The summed E-state index contributed by atoms with van der Waals surface area (Å²) in [5.74, 6) is -1.47. The molecule has 0 saturated heterocycles. The summed E-state index contributed by atoms with van der Waals surface area (Å²) >= 11 is 0. The molecule has 23 heavy (non-hydrogen) atoms. The normalized spacial score (nSPS) is 10.0. The van der Waals surface area contributed by atoms with E-state index < -0.39 is 18.5 Å². The highest BCUT2D eigenvalue weighted by molar-refractivity contribution is 6.04. The number of ketones is 1. The third kappa shape index (κ3) is 4.44. The fourth-order valence-corrected chi connectivity index (χ4v) is 1.79. The third-order valence-corrected chi connectivity index (χ3v) is 2.90. The second kappa shape index (κ2) is 7.26. The van der Waals surface area contributed by atoms with Gasteiger partial charge in [0.1, 0.15) is 0 Å². The lowest BCUT2D eigenvalue weighted by atomic mass is 10.1. The van der Waals surface area contributed by atoms with Gasteiger partial charge in [0.05, 0.1) is 17.6 Å². The first-order valence-electron chi connectivity index (χ1n) is 6.83. The number of carbonyl (C=O) groups excluding carboxylic acids is 3. The Morgan fingerprint density at radius 3 is 2.52 bits per heavy atom. The number of rotatable bonds is 5. The molecule has 0 fully saturated rings. The van der Waals surface area contributed by atoms with Crippen molar-refractivity contribution in [2.24, 2.45) is 0 Å². The number of amides is 1. The van der Waals surface area contributed by atoms with Gasteiger partial charge in [-0.3, -0.25) is 14.6 Å². The smallest absolute Gasteiger partial charge is 0.359 e. The number of aromatic nitrogens is 2. The van der Waals surface area contributed by atoms with Crippen molar-refractivity contribution in [3.63, 3.8) is 0 Å². The number of para-hydroxylation sites is 1. The number of aryl methyl sites for hydroxylation is 1. The monoisotopic (exact) mass is 313 g/mol. The molecule has 0 spiro atoms. The molecule has 7 heteroatoms. The number of nitrogens with one attached hydrogen (secondary N) is 1. The van der Waals surface area contributed by atoms with Crippen LogP contribution in [0.15, 0.2) is 36.7 Å². The average molecular weight is 313 g/mol. The Morgan fingerprint density at radius 2 is 1.87 bits per heavy atom. The lowest BCUT2D eigenvalue weighted by molar-refractivity contribution is -0.119. The van der Waals surface area contributed by atoms with Crippen molar-refractivity contribution in [3.05, 3.63) is 53.6 Å². The first kappa shape index (κ1) is 16.3. The molecule has 0 aliphatic heterocycles. The maximum absolute atomic E-state index is 11.8. The number of hydrogen-bond acceptors (Lipinski definition) is 6. The summed E-state index contributed by atoms with van der Waals surface area (Å²) in [4.78, 5) is 42.8. The molecule has 0 unspecified atom stereocenters. The third-order valence-electron chi connectivity index (χ3n) is 2.90. The molecule has 1 aromatic heterocycles. The van der Waals surface area contributed by atoms with Gasteiger partial charge in [-0.05, 0) is 26.0 Å². The number of nitrogens with zero attached hydrogens (tertiary/aromatic N) is 2. The molecule has 0 aliphatic rings. The number of carbonyl (C=O) groups is 3. The van der Waals surface area contributed by atoms with Gasteiger partial charge in [-0.15, -0.1) is 0 Å². The van der Waals surface area contributed by atoms with E-state index in [9.17, 15) is 14.4 Å². The van der Waals surface area contributed by atoms with Gasteiger partial charge >= 0.3 is 5.97 Å². The fraction of sp³-hybridized carbons (Fsp3) is 0.188. The number of anilines is 1. The molecule has 2 rings (SSSR count). The van der Waals surface area contributed by atoms with E-state index in [-0.39, 0.29) is 11.5 Å². The highest BCUT2D eigenvalue weighted by atomic mass is 16.5. The van der Waals surface area contributed by atoms with E-state index in [2.05, 4.69) is 15.3 Å². The maximum atomic E-state index is 11.8. The van der Waals surface area contributed by atoms with Gasteiger partial charge in [0.25, 0.3) is 5.91 Å². The summed E-state index contributed by atoms with van der Waals surface area (Å²) in [5, 5.41) is 2.53. The zero-order valence-electron chi connectivity index (χ0n) is 12.7. The Labute approximate surface area is 132 Å². The molecule has 1 N–H and O–H groups in total. The van der Waals surface area contributed by atoms with E-state index in [1.807, 2.05) is 0 Å². The van der Waals surface area contributed by atoms with Crippen LogP contribution in [0.5, 0.6) is 0 Å². The summed E-state index contributed by atoms with van der Waals surface area (Å²) in [6.45, 7) is 2.66. The molecule has 0 bridgehead atoms. The summed E-state index contributed by atoms with van der Waals surface area (Å²) in [5.41, 5.74) is 1.44. The quantitative estimate of drug-likeness (QED) is 0.667. The maximum Gasteiger partial charge on any atom is 0.359 e. The van der Waals surface area contributed by atoms with Crippen LogP contribution >= 0.6 is 0 Å². The minimum atomic E-state index is -0.743. The molecule has 0 atom stereocenters. The highest BCUT2D eigenvalue weighted by Crippen LogP contribution is 2.15. The molecule has 7 nitrogen and oxygen atoms in total. The molecule has 0 aliphatic carbocycles. The van der Waals surface area contributed by atoms with Crippen molar-refractivity contribution in [3.8, 4) is 0 Å². The second-order valence-electron chi connectivity index (χ2n) is 4.77. The van der Waals surface area contributed by atoms with Gasteiger partial charge in [0.15, 0.2) is 18.1 Å². The summed E-state index contributed by atoms with van der Waals surface area (Å²) in [7, 11) is 0. The van der Waals surface area contributed by atoms with Crippen molar-refractivity contribution < 1.29 is 19.1 Å². The Hall–Kier alpha value is -3.09. The number of hydrogen-bond donors (Lipinski definition) is 1. The highest BCUT2D eigenvalue weighted by Gasteiger charge is 2.14. The average Bonchev–Trinajstić information content (AvgIpc) is 2.53. The predicted molar refractivity (Wildman–Crippen MR) is 82.1 cm³/mol. The largest absolute Gasteiger partial charge is 0.451 e. The van der Waals surface area contributed by atoms with Crippen LogP contribution in [0.1, 0.15) is 33.5 Å². The van der Waals surface area contributed by atoms with E-state index in [0.29, 0.717) is 16.9 Å². The molecular weight excluding hydrogens is 298 g/mol. The Balaban J connectivity index is 1.94. The summed E-state index contributed by atoms with van der Waals surface area (Å²) in [6, 6.07) is 6.59. The zero-order valence-corrected chi connectivity index (χ0v) is 12.7. The van der Waals surface area contributed by atoms with Crippen LogP contribution in [0, 0.1) is 6.92 Å². The minimum absolute atomic E-state index is 0.0209. The van der Waals surface area contributed by atoms with Gasteiger partial charge in [0, 0.05) is 11.8 Å². The predicted octanol–water partition coefficient (Wildman–Crippen LogP) is 1.78. The van der Waals surface area contributed by atoms with E-state index in [1.54, 1.807) is 31.2 Å². The van der Waals surface area contributed by atoms with Crippen LogP contribution in [0.25, 0.3) is 0 Å². The minimum Gasteiger partial charge on any atom is -0.451 e. The SMILES string of the molecule is CC(=O)c1ccccc1NC(=O)COC(=O)c1cnc(C)cn1. The number of Topliss-reactive ketones (excluding diaryl/α,β-unsaturated/α-hetero) is 1.